The largest absolute Gasteiger partial charge is 0.508 e. The van der Waals surface area contributed by atoms with Gasteiger partial charge in [0.25, 0.3) is 0 Å². The first-order valence-electron chi connectivity index (χ1n) is 8.41. The molecule has 0 radical (unpaired) electrons. The number of phenols is 1. The summed E-state index contributed by atoms with van der Waals surface area (Å²) >= 11 is 0. The van der Waals surface area contributed by atoms with Gasteiger partial charge in [0.05, 0.1) is 0 Å². The van der Waals surface area contributed by atoms with Gasteiger partial charge in [0.15, 0.2) is 0 Å². The second-order valence-corrected chi connectivity index (χ2v) is 7.17. The summed E-state index contributed by atoms with van der Waals surface area (Å²) in [5.74, 6) is 0.332. The molecule has 3 rings (SSSR count). The Kier molecular flexibility index (Phi) is 3.99. The Bertz CT molecular complexity index is 661. The van der Waals surface area contributed by atoms with E-state index in [1.807, 2.05) is 12.1 Å². The molecule has 2 aromatic carbocycles. The number of hydrogen-bond acceptors (Lipinski definition) is 1. The van der Waals surface area contributed by atoms with Crippen LogP contribution in [0, 0.1) is 13.8 Å². The molecule has 0 aliphatic heterocycles. The third kappa shape index (κ3) is 2.77. The molecule has 0 aromatic heterocycles. The maximum Gasteiger partial charge on any atom is 0.115 e. The first kappa shape index (κ1) is 15.1. The van der Waals surface area contributed by atoms with Crippen LogP contribution < -0.4 is 0 Å². The molecular weight excluding hydrogens is 268 g/mol. The fourth-order valence-electron chi connectivity index (χ4n) is 4.06. The third-order valence-corrected chi connectivity index (χ3v) is 5.24. The van der Waals surface area contributed by atoms with Crippen LogP contribution in [0.1, 0.15) is 55.7 Å². The quantitative estimate of drug-likeness (QED) is 0.731. The second kappa shape index (κ2) is 5.79. The summed E-state index contributed by atoms with van der Waals surface area (Å²) in [7, 11) is 0. The van der Waals surface area contributed by atoms with Gasteiger partial charge in [0, 0.05) is 0 Å². The Labute approximate surface area is 134 Å². The van der Waals surface area contributed by atoms with Crippen molar-refractivity contribution in [2.45, 2.75) is 58.3 Å². The standard InChI is InChI=1S/C21H26O/c1-15-13-16(2)20(17-7-9-18(22)10-8-17)19(14-15)21(3)11-5-4-6-12-21/h7-10,13-14,22H,4-6,11-12H2,1-3H3. The summed E-state index contributed by atoms with van der Waals surface area (Å²) in [4.78, 5) is 0. The number of phenolic OH excluding ortho intramolecular Hbond substituents is 1. The molecule has 1 fully saturated rings. The van der Waals surface area contributed by atoms with E-state index in [4.69, 9.17) is 0 Å². The molecule has 1 nitrogen and oxygen atoms in total. The van der Waals surface area contributed by atoms with Crippen molar-refractivity contribution in [1.82, 2.24) is 0 Å². The van der Waals surface area contributed by atoms with Gasteiger partial charge < -0.3 is 5.11 Å². The van der Waals surface area contributed by atoms with E-state index in [1.165, 1.54) is 59.9 Å². The summed E-state index contributed by atoms with van der Waals surface area (Å²) in [6.45, 7) is 6.85. The average Bonchev–Trinajstić information content (AvgIpc) is 2.49. The number of aromatic hydroxyl groups is 1. The fourth-order valence-corrected chi connectivity index (χ4v) is 4.06. The molecule has 1 saturated carbocycles. The molecule has 116 valence electrons. The van der Waals surface area contributed by atoms with Crippen LogP contribution in [-0.4, -0.2) is 5.11 Å². The molecule has 0 bridgehead atoms. The van der Waals surface area contributed by atoms with Gasteiger partial charge >= 0.3 is 0 Å². The van der Waals surface area contributed by atoms with E-state index in [0.717, 1.165) is 0 Å². The van der Waals surface area contributed by atoms with Crippen LogP contribution in [0.5, 0.6) is 5.75 Å². The highest BCUT2D eigenvalue weighted by molar-refractivity contribution is 5.73. The van der Waals surface area contributed by atoms with Crippen molar-refractivity contribution in [3.8, 4) is 16.9 Å². The highest BCUT2D eigenvalue weighted by Gasteiger charge is 2.31. The van der Waals surface area contributed by atoms with Gasteiger partial charge in [0.2, 0.25) is 0 Å². The summed E-state index contributed by atoms with van der Waals surface area (Å²) in [5.41, 5.74) is 7.05. The van der Waals surface area contributed by atoms with Crippen LogP contribution >= 0.6 is 0 Å². The summed E-state index contributed by atoms with van der Waals surface area (Å²) in [6, 6.07) is 12.3. The van der Waals surface area contributed by atoms with Crippen molar-refractivity contribution >= 4 is 0 Å². The first-order chi connectivity index (χ1) is 10.5. The van der Waals surface area contributed by atoms with Crippen molar-refractivity contribution in [1.29, 1.82) is 0 Å². The normalized spacial score (nSPS) is 17.4. The van der Waals surface area contributed by atoms with E-state index in [1.54, 1.807) is 12.1 Å². The van der Waals surface area contributed by atoms with Crippen molar-refractivity contribution in [2.75, 3.05) is 0 Å². The SMILES string of the molecule is Cc1cc(C)c(-c2ccc(O)cc2)c(C2(C)CCCCC2)c1. The Hall–Kier alpha value is -1.76. The predicted octanol–water partition coefficient (Wildman–Crippen LogP) is 5.90. The lowest BCUT2D eigenvalue weighted by atomic mass is 9.68. The Balaban J connectivity index is 2.18. The molecule has 2 aromatic rings. The number of rotatable bonds is 2. The highest BCUT2D eigenvalue weighted by Crippen LogP contribution is 2.44. The Morgan fingerprint density at radius 2 is 1.55 bits per heavy atom. The number of hydrogen-bond donors (Lipinski definition) is 1. The Morgan fingerprint density at radius 3 is 2.18 bits per heavy atom. The Morgan fingerprint density at radius 1 is 0.909 bits per heavy atom. The lowest BCUT2D eigenvalue weighted by Crippen LogP contribution is -2.26. The fraction of sp³-hybridized carbons (Fsp3) is 0.429. The molecule has 1 N–H and O–H groups in total. The smallest absolute Gasteiger partial charge is 0.115 e. The molecular formula is C21H26O. The molecule has 0 heterocycles. The lowest BCUT2D eigenvalue weighted by Gasteiger charge is -2.36. The second-order valence-electron chi connectivity index (χ2n) is 7.17. The maximum absolute atomic E-state index is 9.59. The number of benzene rings is 2. The van der Waals surface area contributed by atoms with Gasteiger partial charge in [-0.15, -0.1) is 0 Å². The first-order valence-corrected chi connectivity index (χ1v) is 8.41. The van der Waals surface area contributed by atoms with Crippen molar-refractivity contribution < 1.29 is 5.11 Å². The topological polar surface area (TPSA) is 20.2 Å². The third-order valence-electron chi connectivity index (χ3n) is 5.24. The molecule has 0 atom stereocenters. The highest BCUT2D eigenvalue weighted by atomic mass is 16.3. The van der Waals surface area contributed by atoms with E-state index in [0.29, 0.717) is 5.75 Å². The van der Waals surface area contributed by atoms with Crippen molar-refractivity contribution in [3.63, 3.8) is 0 Å². The monoisotopic (exact) mass is 294 g/mol. The van der Waals surface area contributed by atoms with Gasteiger partial charge in [-0.25, -0.2) is 0 Å². The van der Waals surface area contributed by atoms with Gasteiger partial charge in [-0.05, 0) is 66.5 Å². The van der Waals surface area contributed by atoms with Gasteiger partial charge in [-0.2, -0.15) is 0 Å². The minimum Gasteiger partial charge on any atom is -0.508 e. The van der Waals surface area contributed by atoms with Crippen LogP contribution in [-0.2, 0) is 5.41 Å². The minimum atomic E-state index is 0.280. The summed E-state index contributed by atoms with van der Waals surface area (Å²) < 4.78 is 0. The minimum absolute atomic E-state index is 0.280. The van der Waals surface area contributed by atoms with E-state index in [9.17, 15) is 5.11 Å². The molecule has 1 heteroatoms. The van der Waals surface area contributed by atoms with Crippen molar-refractivity contribution in [3.05, 3.63) is 53.1 Å². The van der Waals surface area contributed by atoms with E-state index in [2.05, 4.69) is 32.9 Å². The number of aryl methyl sites for hydroxylation is 2. The van der Waals surface area contributed by atoms with E-state index < -0.39 is 0 Å². The molecule has 0 spiro atoms. The molecule has 22 heavy (non-hydrogen) atoms. The lowest BCUT2D eigenvalue weighted by molar-refractivity contribution is 0.320. The summed E-state index contributed by atoms with van der Waals surface area (Å²) in [6.07, 6.45) is 6.59. The van der Waals surface area contributed by atoms with Gasteiger partial charge in [-0.3, -0.25) is 0 Å². The van der Waals surface area contributed by atoms with Crippen LogP contribution in [0.2, 0.25) is 0 Å². The van der Waals surface area contributed by atoms with Crippen LogP contribution in [0.15, 0.2) is 36.4 Å². The van der Waals surface area contributed by atoms with Crippen LogP contribution in [0.4, 0.5) is 0 Å². The zero-order valence-corrected chi connectivity index (χ0v) is 13.9. The zero-order chi connectivity index (χ0) is 15.7. The zero-order valence-electron chi connectivity index (χ0n) is 13.9. The van der Waals surface area contributed by atoms with E-state index in [-0.39, 0.29) is 5.41 Å². The predicted molar refractivity (Wildman–Crippen MR) is 93.5 cm³/mol. The van der Waals surface area contributed by atoms with Crippen LogP contribution in [0.3, 0.4) is 0 Å². The molecule has 1 aliphatic rings. The van der Waals surface area contributed by atoms with Crippen LogP contribution in [0.25, 0.3) is 11.1 Å². The molecule has 1 aliphatic carbocycles. The molecule has 0 unspecified atom stereocenters. The average molecular weight is 294 g/mol. The molecule has 0 amide bonds. The van der Waals surface area contributed by atoms with Crippen molar-refractivity contribution in [2.24, 2.45) is 0 Å². The molecule has 0 saturated heterocycles. The summed E-state index contributed by atoms with van der Waals surface area (Å²) in [5, 5.41) is 9.59. The van der Waals surface area contributed by atoms with E-state index >= 15 is 0 Å². The maximum atomic E-state index is 9.59. The van der Waals surface area contributed by atoms with Gasteiger partial charge in [0.1, 0.15) is 5.75 Å². The van der Waals surface area contributed by atoms with Gasteiger partial charge in [-0.1, -0.05) is 56.0 Å².